The minimum atomic E-state index is -0.689. The Hall–Kier alpha value is -2.69. The van der Waals surface area contributed by atoms with E-state index < -0.39 is 17.1 Å². The predicted octanol–water partition coefficient (Wildman–Crippen LogP) is 5.85. The van der Waals surface area contributed by atoms with E-state index in [1.54, 1.807) is 4.90 Å². The number of likely N-dealkylation sites (tertiary alicyclic amines) is 1. The largest absolute Gasteiger partial charge is 0.469 e. The predicted molar refractivity (Wildman–Crippen MR) is 186 cm³/mol. The van der Waals surface area contributed by atoms with E-state index in [1.807, 2.05) is 20.8 Å². The highest BCUT2D eigenvalue weighted by molar-refractivity contribution is 5.92. The Balaban J connectivity index is 1.52. The molecule has 0 aromatic carbocycles. The second-order valence-corrected chi connectivity index (χ2v) is 17.6. The number of carbonyl (C=O) groups excluding carboxylic acids is 5. The van der Waals surface area contributed by atoms with Crippen molar-refractivity contribution in [2.45, 2.75) is 149 Å². The fourth-order valence-corrected chi connectivity index (χ4v) is 11.4. The number of ether oxygens (including phenoxy) is 4. The lowest BCUT2D eigenvalue weighted by atomic mass is 9.42. The molecule has 282 valence electrons. The molecule has 4 aliphatic carbocycles. The van der Waals surface area contributed by atoms with E-state index in [4.69, 9.17) is 18.9 Å². The van der Waals surface area contributed by atoms with Crippen molar-refractivity contribution in [3.8, 4) is 0 Å². The molecule has 0 radical (unpaired) electrons. The van der Waals surface area contributed by atoms with Crippen LogP contribution in [0.25, 0.3) is 0 Å². The summed E-state index contributed by atoms with van der Waals surface area (Å²) in [5.41, 5.74) is -1.56. The van der Waals surface area contributed by atoms with Crippen LogP contribution in [-0.2, 0) is 38.1 Å². The molecular weight excluding hydrogens is 640 g/mol. The first-order valence-corrected chi connectivity index (χ1v) is 19.1. The van der Waals surface area contributed by atoms with E-state index in [-0.39, 0.29) is 89.0 Å². The molecule has 11 heteroatoms. The Kier molecular flexibility index (Phi) is 11.4. The van der Waals surface area contributed by atoms with Crippen LogP contribution in [0.2, 0.25) is 0 Å². The first-order chi connectivity index (χ1) is 23.4. The third-order valence-electron chi connectivity index (χ3n) is 13.5. The highest BCUT2D eigenvalue weighted by atomic mass is 16.6. The standard InChI is InChI=1S/C39H62N2O9/c1-22(12-15-31(44)47-9)28-13-14-29-32-30(49-24(3)43)20-25-19-27(48-23(2)42)16-17-38(25,7)33(32)34(35(45)39(28,29)8)40-21-26-11-10-18-41(26)36(46)50-37(4,5)6/h22,25-30,32-34,40H,10-21H2,1-9H3/t22-,25+,26?,27-,28?,29?,30-,32?,33?,34+,38+,39-/m1/s1. The molecule has 1 saturated heterocycles. The molecule has 1 N–H and O–H groups in total. The molecule has 5 rings (SSSR count). The number of fused-ring (bicyclic) bond motifs is 5. The molecule has 4 saturated carbocycles. The number of nitrogens with one attached hydrogen (secondary N) is 1. The van der Waals surface area contributed by atoms with Crippen molar-refractivity contribution in [2.75, 3.05) is 20.2 Å². The summed E-state index contributed by atoms with van der Waals surface area (Å²) in [6, 6.07) is -0.636. The fourth-order valence-electron chi connectivity index (χ4n) is 11.4. The van der Waals surface area contributed by atoms with Crippen molar-refractivity contribution < 1.29 is 42.9 Å². The number of esters is 3. The topological polar surface area (TPSA) is 138 Å². The van der Waals surface area contributed by atoms with Gasteiger partial charge in [0.2, 0.25) is 0 Å². The molecule has 1 amide bonds. The van der Waals surface area contributed by atoms with Crippen LogP contribution in [0.1, 0.15) is 120 Å². The van der Waals surface area contributed by atoms with Gasteiger partial charge in [-0.05, 0) is 114 Å². The van der Waals surface area contributed by atoms with E-state index in [0.717, 1.165) is 38.5 Å². The van der Waals surface area contributed by atoms with E-state index in [9.17, 15) is 19.2 Å². The molecular formula is C39H62N2O9. The maximum absolute atomic E-state index is 15.4. The van der Waals surface area contributed by atoms with Crippen molar-refractivity contribution in [1.82, 2.24) is 10.2 Å². The molecule has 1 aliphatic heterocycles. The molecule has 0 aromatic rings. The summed E-state index contributed by atoms with van der Waals surface area (Å²) in [7, 11) is 1.40. The average molecular weight is 703 g/mol. The molecule has 5 fully saturated rings. The van der Waals surface area contributed by atoms with Gasteiger partial charge in [0.25, 0.3) is 0 Å². The SMILES string of the molecule is COC(=O)CC[C@@H](C)C1CCC2C3C([C@H](NCC4CCCN4C(=O)OC(C)(C)C)C(=O)[C@@]21C)[C@@]1(C)CC[C@@H](OC(C)=O)C[C@H]1C[C@H]3OC(C)=O. The van der Waals surface area contributed by atoms with E-state index in [0.29, 0.717) is 38.8 Å². The second kappa shape index (κ2) is 14.7. The lowest BCUT2D eigenvalue weighted by molar-refractivity contribution is -0.202. The van der Waals surface area contributed by atoms with Crippen LogP contribution in [0, 0.1) is 46.3 Å². The van der Waals surface area contributed by atoms with E-state index in [2.05, 4.69) is 26.1 Å². The van der Waals surface area contributed by atoms with Gasteiger partial charge in [-0.25, -0.2) is 4.79 Å². The molecule has 0 aromatic heterocycles. The summed E-state index contributed by atoms with van der Waals surface area (Å²) in [4.78, 5) is 67.3. The van der Waals surface area contributed by atoms with Crippen molar-refractivity contribution in [3.05, 3.63) is 0 Å². The number of rotatable bonds is 9. The molecule has 50 heavy (non-hydrogen) atoms. The molecule has 0 bridgehead atoms. The van der Waals surface area contributed by atoms with Crippen LogP contribution in [0.3, 0.4) is 0 Å². The van der Waals surface area contributed by atoms with Gasteiger partial charge >= 0.3 is 24.0 Å². The van der Waals surface area contributed by atoms with Gasteiger partial charge in [0.15, 0.2) is 5.78 Å². The number of amides is 1. The second-order valence-electron chi connectivity index (χ2n) is 17.6. The zero-order chi connectivity index (χ0) is 36.8. The summed E-state index contributed by atoms with van der Waals surface area (Å²) < 4.78 is 22.7. The van der Waals surface area contributed by atoms with Crippen LogP contribution < -0.4 is 5.32 Å². The number of hydrogen-bond donors (Lipinski definition) is 1. The van der Waals surface area contributed by atoms with Gasteiger partial charge in [0.05, 0.1) is 13.2 Å². The van der Waals surface area contributed by atoms with Gasteiger partial charge in [-0.2, -0.15) is 0 Å². The van der Waals surface area contributed by atoms with Crippen LogP contribution in [0.15, 0.2) is 0 Å². The highest BCUT2D eigenvalue weighted by Gasteiger charge is 2.70. The Morgan fingerprint density at radius 3 is 2.34 bits per heavy atom. The van der Waals surface area contributed by atoms with E-state index >= 15 is 4.79 Å². The maximum Gasteiger partial charge on any atom is 0.410 e. The van der Waals surface area contributed by atoms with Crippen LogP contribution in [0.5, 0.6) is 0 Å². The van der Waals surface area contributed by atoms with Crippen molar-refractivity contribution in [3.63, 3.8) is 0 Å². The highest BCUT2D eigenvalue weighted by Crippen LogP contribution is 2.68. The van der Waals surface area contributed by atoms with Gasteiger partial charge in [-0.15, -0.1) is 0 Å². The normalized spacial score (nSPS) is 38.7. The van der Waals surface area contributed by atoms with Crippen molar-refractivity contribution in [1.29, 1.82) is 0 Å². The Morgan fingerprint density at radius 1 is 1.00 bits per heavy atom. The lowest BCUT2D eigenvalue weighted by Gasteiger charge is -2.64. The van der Waals surface area contributed by atoms with E-state index in [1.165, 1.54) is 21.0 Å². The van der Waals surface area contributed by atoms with Gasteiger partial charge in [0.1, 0.15) is 17.8 Å². The maximum atomic E-state index is 15.4. The monoisotopic (exact) mass is 702 g/mol. The third kappa shape index (κ3) is 7.45. The number of hydrogen-bond acceptors (Lipinski definition) is 10. The summed E-state index contributed by atoms with van der Waals surface area (Å²) >= 11 is 0. The van der Waals surface area contributed by atoms with Gasteiger partial charge in [0, 0.05) is 50.7 Å². The molecule has 5 aliphatic rings. The van der Waals surface area contributed by atoms with Gasteiger partial charge in [-0.3, -0.25) is 19.2 Å². The first kappa shape index (κ1) is 38.5. The number of methoxy groups -OCH3 is 1. The Labute approximate surface area is 298 Å². The number of nitrogens with zero attached hydrogens (tertiary/aromatic N) is 1. The average Bonchev–Trinajstić information content (AvgIpc) is 3.64. The number of ketones is 1. The quantitative estimate of drug-likeness (QED) is 0.230. The smallest absolute Gasteiger partial charge is 0.410 e. The number of Topliss-reactive ketones (excluding diaryl/α,β-unsaturated/α-hetero) is 1. The summed E-state index contributed by atoms with van der Waals surface area (Å²) in [5, 5.41) is 3.79. The van der Waals surface area contributed by atoms with Gasteiger partial charge < -0.3 is 29.2 Å². The molecule has 11 nitrogen and oxygen atoms in total. The summed E-state index contributed by atoms with van der Waals surface area (Å²) in [5.74, 6) is -0.557. The third-order valence-corrected chi connectivity index (χ3v) is 13.5. The molecule has 0 spiro atoms. The van der Waals surface area contributed by atoms with Crippen LogP contribution in [0.4, 0.5) is 4.79 Å². The van der Waals surface area contributed by atoms with Gasteiger partial charge in [-0.1, -0.05) is 20.8 Å². The molecule has 1 heterocycles. The molecule has 12 atom stereocenters. The van der Waals surface area contributed by atoms with Crippen LogP contribution >= 0.6 is 0 Å². The lowest BCUT2D eigenvalue weighted by Crippen LogP contribution is -2.70. The van der Waals surface area contributed by atoms with Crippen LogP contribution in [-0.4, -0.2) is 84.8 Å². The summed E-state index contributed by atoms with van der Waals surface area (Å²) in [6.45, 7) is 16.2. The zero-order valence-corrected chi connectivity index (χ0v) is 31.9. The van der Waals surface area contributed by atoms with Crippen molar-refractivity contribution in [2.24, 2.45) is 46.3 Å². The Bertz CT molecular complexity index is 1310. The minimum Gasteiger partial charge on any atom is -0.469 e. The minimum absolute atomic E-state index is 0.0155. The molecule has 5 unspecified atom stereocenters. The number of carbonyl (C=O) groups is 5. The zero-order valence-electron chi connectivity index (χ0n) is 31.9. The Morgan fingerprint density at radius 2 is 1.70 bits per heavy atom. The fraction of sp³-hybridized carbons (Fsp3) is 0.872. The van der Waals surface area contributed by atoms with Crippen molar-refractivity contribution >= 4 is 29.8 Å². The summed E-state index contributed by atoms with van der Waals surface area (Å²) in [6.07, 6.45) is 6.28. The first-order valence-electron chi connectivity index (χ1n) is 19.1.